The van der Waals surface area contributed by atoms with Crippen molar-refractivity contribution >= 4 is 45.2 Å². The molecule has 2 heterocycles. The van der Waals surface area contributed by atoms with E-state index in [4.69, 9.17) is 17.0 Å². The summed E-state index contributed by atoms with van der Waals surface area (Å²) in [4.78, 5) is 13.2. The summed E-state index contributed by atoms with van der Waals surface area (Å²) in [5.41, 5.74) is 2.15. The Morgan fingerprint density at radius 3 is 2.84 bits per heavy atom. The van der Waals surface area contributed by atoms with Gasteiger partial charge >= 0.3 is 0 Å². The number of nitrogens with zero attached hydrogens (tertiary/aromatic N) is 4. The second-order valence-electron chi connectivity index (χ2n) is 6.68. The zero-order chi connectivity index (χ0) is 21.6. The Labute approximate surface area is 188 Å². The number of carbonyl (C=O) groups excluding carboxylic acids is 1. The highest BCUT2D eigenvalue weighted by molar-refractivity contribution is 7.80. The highest BCUT2D eigenvalue weighted by Crippen LogP contribution is 2.26. The molecule has 8 nitrogen and oxygen atoms in total. The summed E-state index contributed by atoms with van der Waals surface area (Å²) in [5.74, 6) is 0.454. The van der Waals surface area contributed by atoms with Crippen LogP contribution in [0.25, 0.3) is 15.5 Å². The summed E-state index contributed by atoms with van der Waals surface area (Å²) < 4.78 is 7.25. The van der Waals surface area contributed by atoms with E-state index in [2.05, 4.69) is 32.9 Å². The van der Waals surface area contributed by atoms with Gasteiger partial charge in [0.25, 0.3) is 5.91 Å². The van der Waals surface area contributed by atoms with Gasteiger partial charge in [-0.1, -0.05) is 36.8 Å². The number of unbranched alkanes of at least 4 members (excludes halogenated alkanes) is 1. The summed E-state index contributed by atoms with van der Waals surface area (Å²) in [6.07, 6.45) is 3.63. The maximum atomic E-state index is 12.5. The topological polar surface area (TPSA) is 93.4 Å². The molecule has 1 amide bonds. The molecule has 0 spiro atoms. The van der Waals surface area contributed by atoms with Gasteiger partial charge in [0, 0.05) is 16.8 Å². The van der Waals surface area contributed by atoms with Crippen molar-refractivity contribution in [3.63, 3.8) is 0 Å². The molecule has 0 saturated heterocycles. The van der Waals surface area contributed by atoms with Crippen molar-refractivity contribution in [2.24, 2.45) is 0 Å². The molecule has 0 aliphatic heterocycles. The van der Waals surface area contributed by atoms with Gasteiger partial charge in [-0.2, -0.15) is 9.61 Å². The quantitative estimate of drug-likeness (QED) is 0.321. The molecule has 0 radical (unpaired) electrons. The number of ether oxygens (including phenoxy) is 1. The molecule has 4 aromatic rings. The number of rotatable bonds is 7. The number of fused-ring (bicyclic) bond motifs is 1. The number of nitrogens with one attached hydrogen (secondary N) is 2. The van der Waals surface area contributed by atoms with Crippen LogP contribution in [0.4, 0.5) is 5.69 Å². The van der Waals surface area contributed by atoms with Crippen molar-refractivity contribution in [1.82, 2.24) is 25.1 Å². The van der Waals surface area contributed by atoms with E-state index >= 15 is 0 Å². The third-order valence-electron chi connectivity index (χ3n) is 4.36. The number of hydrogen-bond acceptors (Lipinski definition) is 7. The van der Waals surface area contributed by atoms with Crippen molar-refractivity contribution in [2.45, 2.75) is 19.8 Å². The predicted molar refractivity (Wildman–Crippen MR) is 125 cm³/mol. The van der Waals surface area contributed by atoms with Crippen LogP contribution in [0.2, 0.25) is 0 Å². The zero-order valence-corrected chi connectivity index (χ0v) is 18.4. The van der Waals surface area contributed by atoms with Crippen molar-refractivity contribution in [3.8, 4) is 16.3 Å². The summed E-state index contributed by atoms with van der Waals surface area (Å²) in [5, 5.41) is 19.0. The number of thiocarbonyl (C=S) groups is 1. The average Bonchev–Trinajstić information content (AvgIpc) is 3.37. The number of amides is 1. The highest BCUT2D eigenvalue weighted by Gasteiger charge is 2.11. The number of benzene rings is 2. The molecule has 0 fully saturated rings. The smallest absolute Gasteiger partial charge is 0.257 e. The van der Waals surface area contributed by atoms with Crippen LogP contribution in [0.15, 0.2) is 54.9 Å². The van der Waals surface area contributed by atoms with Crippen LogP contribution in [0.5, 0.6) is 5.75 Å². The monoisotopic (exact) mass is 452 g/mol. The number of hydrogen-bond donors (Lipinski definition) is 2. The Bertz CT molecular complexity index is 1170. The second-order valence-corrected chi connectivity index (χ2v) is 8.04. The molecule has 0 bridgehead atoms. The predicted octanol–water partition coefficient (Wildman–Crippen LogP) is 4.16. The molecule has 0 saturated carbocycles. The van der Waals surface area contributed by atoms with Gasteiger partial charge in [-0.15, -0.1) is 10.2 Å². The van der Waals surface area contributed by atoms with Crippen LogP contribution in [-0.2, 0) is 0 Å². The van der Waals surface area contributed by atoms with Crippen LogP contribution >= 0.6 is 23.6 Å². The lowest BCUT2D eigenvalue weighted by Crippen LogP contribution is -2.34. The Morgan fingerprint density at radius 2 is 2.06 bits per heavy atom. The number of aromatic nitrogens is 4. The van der Waals surface area contributed by atoms with Gasteiger partial charge in [0.2, 0.25) is 4.96 Å². The van der Waals surface area contributed by atoms with Crippen molar-refractivity contribution in [2.75, 3.05) is 11.9 Å². The van der Waals surface area contributed by atoms with E-state index in [0.29, 0.717) is 12.2 Å². The van der Waals surface area contributed by atoms with E-state index < -0.39 is 0 Å². The molecule has 0 aliphatic carbocycles. The Kier molecular flexibility index (Phi) is 6.48. The first kappa shape index (κ1) is 20.9. The molecular weight excluding hydrogens is 432 g/mol. The van der Waals surface area contributed by atoms with Crippen LogP contribution in [-0.4, -0.2) is 37.4 Å². The second kappa shape index (κ2) is 9.63. The average molecular weight is 453 g/mol. The van der Waals surface area contributed by atoms with Gasteiger partial charge in [-0.25, -0.2) is 0 Å². The van der Waals surface area contributed by atoms with Crippen LogP contribution in [0, 0.1) is 0 Å². The SMILES string of the molecule is CCCCOc1ccc(C(=O)NC(=S)Nc2cccc(-c3nn4cnnc4s3)c2)cc1. The Balaban J connectivity index is 1.36. The van der Waals surface area contributed by atoms with Gasteiger partial charge in [-0.05, 0) is 55.0 Å². The van der Waals surface area contributed by atoms with Gasteiger partial charge in [-0.3, -0.25) is 10.1 Å². The van der Waals surface area contributed by atoms with Crippen molar-refractivity contribution in [3.05, 3.63) is 60.4 Å². The first-order valence-corrected chi connectivity index (χ1v) is 11.0. The molecular formula is C21H20N6O2S2. The standard InChI is InChI=1S/C21H20N6O2S2/c1-2-3-11-29-17-9-7-14(8-10-17)18(28)24-20(30)23-16-6-4-5-15(12-16)19-26-27-13-22-25-21(27)31-19/h4-10,12-13H,2-3,11H2,1H3,(H2,23,24,28,30). The van der Waals surface area contributed by atoms with E-state index in [1.807, 2.05) is 24.3 Å². The molecule has 4 rings (SSSR count). The van der Waals surface area contributed by atoms with Gasteiger partial charge in [0.15, 0.2) is 5.11 Å². The lowest BCUT2D eigenvalue weighted by Gasteiger charge is -2.11. The summed E-state index contributed by atoms with van der Waals surface area (Å²) in [6.45, 7) is 2.78. The Morgan fingerprint density at radius 1 is 1.23 bits per heavy atom. The van der Waals surface area contributed by atoms with Gasteiger partial charge < -0.3 is 10.1 Å². The minimum atomic E-state index is -0.289. The van der Waals surface area contributed by atoms with E-state index in [9.17, 15) is 4.79 Å². The maximum absolute atomic E-state index is 12.5. The number of anilines is 1. The van der Waals surface area contributed by atoms with Crippen LogP contribution in [0.1, 0.15) is 30.1 Å². The fraction of sp³-hybridized carbons (Fsp3) is 0.190. The van der Waals surface area contributed by atoms with E-state index in [-0.39, 0.29) is 11.0 Å². The van der Waals surface area contributed by atoms with Gasteiger partial charge in [0.05, 0.1) is 6.61 Å². The van der Waals surface area contributed by atoms with Gasteiger partial charge in [0.1, 0.15) is 17.1 Å². The summed E-state index contributed by atoms with van der Waals surface area (Å²) in [6, 6.07) is 14.6. The van der Waals surface area contributed by atoms with Crippen molar-refractivity contribution < 1.29 is 9.53 Å². The minimum Gasteiger partial charge on any atom is -0.494 e. The fourth-order valence-electron chi connectivity index (χ4n) is 2.78. The zero-order valence-electron chi connectivity index (χ0n) is 16.7. The lowest BCUT2D eigenvalue weighted by atomic mass is 10.2. The first-order valence-electron chi connectivity index (χ1n) is 9.75. The van der Waals surface area contributed by atoms with E-state index in [0.717, 1.165) is 39.8 Å². The molecule has 2 aromatic carbocycles. The van der Waals surface area contributed by atoms with E-state index in [1.54, 1.807) is 35.1 Å². The fourth-order valence-corrected chi connectivity index (χ4v) is 3.81. The highest BCUT2D eigenvalue weighted by atomic mass is 32.1. The number of carbonyl (C=O) groups is 1. The molecule has 0 atom stereocenters. The molecule has 31 heavy (non-hydrogen) atoms. The third kappa shape index (κ3) is 5.22. The molecule has 0 unspecified atom stereocenters. The minimum absolute atomic E-state index is 0.212. The van der Waals surface area contributed by atoms with Crippen molar-refractivity contribution in [1.29, 1.82) is 0 Å². The summed E-state index contributed by atoms with van der Waals surface area (Å²) >= 11 is 6.74. The molecule has 2 aromatic heterocycles. The molecule has 158 valence electrons. The normalized spacial score (nSPS) is 10.7. The molecule has 0 aliphatic rings. The maximum Gasteiger partial charge on any atom is 0.257 e. The third-order valence-corrected chi connectivity index (χ3v) is 5.53. The first-order chi connectivity index (χ1) is 15.1. The molecule has 2 N–H and O–H groups in total. The Hall–Kier alpha value is -3.37. The lowest BCUT2D eigenvalue weighted by molar-refractivity contribution is 0.0977. The van der Waals surface area contributed by atoms with Crippen LogP contribution in [0.3, 0.4) is 0 Å². The van der Waals surface area contributed by atoms with E-state index in [1.165, 1.54) is 11.3 Å². The summed E-state index contributed by atoms with van der Waals surface area (Å²) in [7, 11) is 0. The van der Waals surface area contributed by atoms with Crippen LogP contribution < -0.4 is 15.4 Å². The molecule has 10 heteroatoms. The largest absolute Gasteiger partial charge is 0.494 e.